The lowest BCUT2D eigenvalue weighted by molar-refractivity contribution is -0.293. The fourth-order valence-electron chi connectivity index (χ4n) is 3.16. The topological polar surface area (TPSA) is 126 Å². The third-order valence-electron chi connectivity index (χ3n) is 5.01. The Morgan fingerprint density at radius 1 is 1.07 bits per heavy atom. The molecule has 1 aliphatic rings. The molecule has 0 radical (unpaired) electrons. The van der Waals surface area contributed by atoms with Gasteiger partial charge < -0.3 is 34.6 Å². The van der Waals surface area contributed by atoms with Gasteiger partial charge >= 0.3 is 5.97 Å². The fourth-order valence-corrected chi connectivity index (χ4v) is 3.16. The van der Waals surface area contributed by atoms with Gasteiger partial charge in [0.2, 0.25) is 6.29 Å². The molecule has 0 bridgehead atoms. The molecule has 1 saturated heterocycles. The Morgan fingerprint density at radius 3 is 2.43 bits per heavy atom. The molecule has 2 aromatic carbocycles. The zero-order valence-electron chi connectivity index (χ0n) is 15.6. The largest absolute Gasteiger partial charge is 0.497 e. The molecule has 1 heterocycles. The van der Waals surface area contributed by atoms with Gasteiger partial charge in [-0.3, -0.25) is 4.79 Å². The first-order valence-corrected chi connectivity index (χ1v) is 8.94. The molecule has 8 nitrogen and oxygen atoms in total. The lowest BCUT2D eigenvalue weighted by atomic mass is 9.97. The van der Waals surface area contributed by atoms with Gasteiger partial charge in [0.05, 0.1) is 19.6 Å². The van der Waals surface area contributed by atoms with Crippen molar-refractivity contribution in [3.05, 3.63) is 42.0 Å². The Morgan fingerprint density at radius 2 is 1.75 bits per heavy atom. The first-order valence-electron chi connectivity index (χ1n) is 8.94. The highest BCUT2D eigenvalue weighted by Crippen LogP contribution is 2.28. The maximum Gasteiger partial charge on any atom is 0.315 e. The molecule has 0 saturated carbocycles. The highest BCUT2D eigenvalue weighted by atomic mass is 16.7. The van der Waals surface area contributed by atoms with E-state index < -0.39 is 49.2 Å². The van der Waals surface area contributed by atoms with Crippen LogP contribution in [0.5, 0.6) is 5.75 Å². The number of carbonyl (C=O) groups excluding carboxylic acids is 1. The van der Waals surface area contributed by atoms with Crippen molar-refractivity contribution in [2.45, 2.75) is 43.5 Å². The van der Waals surface area contributed by atoms with E-state index in [0.29, 0.717) is 5.56 Å². The summed E-state index contributed by atoms with van der Waals surface area (Å²) < 4.78 is 15.6. The Balaban J connectivity index is 1.74. The number of benzene rings is 2. The highest BCUT2D eigenvalue weighted by Gasteiger charge is 2.45. The molecule has 0 aromatic heterocycles. The lowest BCUT2D eigenvalue weighted by Gasteiger charge is -2.39. The van der Waals surface area contributed by atoms with Crippen LogP contribution in [0.15, 0.2) is 36.4 Å². The van der Waals surface area contributed by atoms with Crippen LogP contribution in [0.25, 0.3) is 10.8 Å². The molecule has 4 N–H and O–H groups in total. The van der Waals surface area contributed by atoms with Gasteiger partial charge in [-0.2, -0.15) is 0 Å². The third kappa shape index (κ3) is 3.96. The molecule has 6 atom stereocenters. The van der Waals surface area contributed by atoms with Crippen molar-refractivity contribution < 1.29 is 39.4 Å². The van der Waals surface area contributed by atoms with Crippen LogP contribution in [0.4, 0.5) is 0 Å². The van der Waals surface area contributed by atoms with E-state index in [-0.39, 0.29) is 0 Å². The Bertz CT molecular complexity index is 836. The molecule has 8 heteroatoms. The van der Waals surface area contributed by atoms with E-state index in [0.717, 1.165) is 16.5 Å². The minimum Gasteiger partial charge on any atom is -0.497 e. The number of rotatable bonds is 5. The molecule has 1 aliphatic heterocycles. The summed E-state index contributed by atoms with van der Waals surface area (Å²) in [5, 5.41) is 40.7. The van der Waals surface area contributed by atoms with E-state index in [1.807, 2.05) is 30.3 Å². The molecular weight excluding hydrogens is 368 g/mol. The van der Waals surface area contributed by atoms with Gasteiger partial charge in [0.25, 0.3) is 0 Å². The van der Waals surface area contributed by atoms with Gasteiger partial charge in [-0.1, -0.05) is 24.3 Å². The summed E-state index contributed by atoms with van der Waals surface area (Å²) in [4.78, 5) is 12.5. The summed E-state index contributed by atoms with van der Waals surface area (Å²) in [7, 11) is 1.59. The quantitative estimate of drug-likeness (QED) is 0.535. The van der Waals surface area contributed by atoms with E-state index in [1.165, 1.54) is 0 Å². The zero-order chi connectivity index (χ0) is 20.4. The van der Waals surface area contributed by atoms with Crippen LogP contribution in [-0.4, -0.2) is 70.8 Å². The molecule has 28 heavy (non-hydrogen) atoms. The van der Waals surface area contributed by atoms with Crippen LogP contribution >= 0.6 is 0 Å². The average molecular weight is 392 g/mol. The first-order chi connectivity index (χ1) is 13.3. The van der Waals surface area contributed by atoms with Crippen LogP contribution in [0.1, 0.15) is 18.4 Å². The Kier molecular flexibility index (Phi) is 6.17. The predicted molar refractivity (Wildman–Crippen MR) is 98.8 cm³/mol. The monoisotopic (exact) mass is 392 g/mol. The second-order valence-corrected chi connectivity index (χ2v) is 6.83. The van der Waals surface area contributed by atoms with Crippen LogP contribution in [-0.2, 0) is 14.3 Å². The molecule has 0 aliphatic carbocycles. The predicted octanol–water partition coefficient (Wildman–Crippen LogP) is 0.295. The summed E-state index contributed by atoms with van der Waals surface area (Å²) in [5.74, 6) is -0.605. The molecule has 1 fully saturated rings. The van der Waals surface area contributed by atoms with E-state index in [1.54, 1.807) is 20.1 Å². The second kappa shape index (κ2) is 8.42. The van der Waals surface area contributed by atoms with Crippen molar-refractivity contribution in [1.82, 2.24) is 0 Å². The van der Waals surface area contributed by atoms with Crippen LogP contribution in [0.2, 0.25) is 0 Å². The summed E-state index contributed by atoms with van der Waals surface area (Å²) in [6.07, 6.45) is -7.37. The van der Waals surface area contributed by atoms with Gasteiger partial charge in [0, 0.05) is 0 Å². The second-order valence-electron chi connectivity index (χ2n) is 6.83. The van der Waals surface area contributed by atoms with Crippen molar-refractivity contribution in [2.24, 2.45) is 0 Å². The number of carbonyl (C=O) groups is 1. The third-order valence-corrected chi connectivity index (χ3v) is 5.01. The SMILES string of the molecule is COc1ccc2cc(C(C)C(=O)OC3OC(CO)C(O)C(O)C3O)ccc2c1. The van der Waals surface area contributed by atoms with Crippen molar-refractivity contribution in [3.63, 3.8) is 0 Å². The standard InChI is InChI=1S/C20H24O8/c1-10(11-3-4-13-8-14(26-2)6-5-12(13)7-11)19(25)28-20-18(24)17(23)16(22)15(9-21)27-20/h3-8,10,15-18,20-24H,9H2,1-2H3. The van der Waals surface area contributed by atoms with Crippen LogP contribution < -0.4 is 4.74 Å². The van der Waals surface area contributed by atoms with E-state index >= 15 is 0 Å². The number of aliphatic hydroxyl groups excluding tert-OH is 4. The lowest BCUT2D eigenvalue weighted by Crippen LogP contribution is -2.59. The maximum atomic E-state index is 12.5. The zero-order valence-corrected chi connectivity index (χ0v) is 15.6. The number of esters is 1. The number of aliphatic hydroxyl groups is 4. The molecule has 0 spiro atoms. The van der Waals surface area contributed by atoms with E-state index in [2.05, 4.69) is 0 Å². The number of hydrogen-bond acceptors (Lipinski definition) is 8. The molecular formula is C20H24O8. The number of methoxy groups -OCH3 is 1. The molecule has 3 rings (SSSR count). The van der Waals surface area contributed by atoms with Gasteiger partial charge in [-0.05, 0) is 35.4 Å². The van der Waals surface area contributed by atoms with Gasteiger partial charge in [-0.25, -0.2) is 0 Å². The van der Waals surface area contributed by atoms with Gasteiger partial charge in [0.1, 0.15) is 30.2 Å². The summed E-state index contributed by atoms with van der Waals surface area (Å²) in [6, 6.07) is 11.1. The van der Waals surface area contributed by atoms with E-state index in [4.69, 9.17) is 14.2 Å². The highest BCUT2D eigenvalue weighted by molar-refractivity contribution is 5.86. The van der Waals surface area contributed by atoms with E-state index in [9.17, 15) is 25.2 Å². The van der Waals surface area contributed by atoms with Crippen LogP contribution in [0, 0.1) is 0 Å². The summed E-state index contributed by atoms with van der Waals surface area (Å²) >= 11 is 0. The van der Waals surface area contributed by atoms with Gasteiger partial charge in [0.15, 0.2) is 0 Å². The minimum atomic E-state index is -1.63. The smallest absolute Gasteiger partial charge is 0.315 e. The first kappa shape index (κ1) is 20.5. The Hall–Kier alpha value is -2.23. The number of hydrogen-bond donors (Lipinski definition) is 4. The van der Waals surface area contributed by atoms with Crippen LogP contribution in [0.3, 0.4) is 0 Å². The molecule has 0 amide bonds. The molecule has 152 valence electrons. The van der Waals surface area contributed by atoms with Crippen molar-refractivity contribution >= 4 is 16.7 Å². The van der Waals surface area contributed by atoms with Gasteiger partial charge in [-0.15, -0.1) is 0 Å². The molecule has 6 unspecified atom stereocenters. The normalized spacial score (nSPS) is 28.7. The summed E-state index contributed by atoms with van der Waals surface area (Å²) in [5.41, 5.74) is 0.701. The number of ether oxygens (including phenoxy) is 3. The molecule has 2 aromatic rings. The Labute approximate surface area is 161 Å². The average Bonchev–Trinajstić information content (AvgIpc) is 2.72. The minimum absolute atomic E-state index is 0.595. The van der Waals surface area contributed by atoms with Crippen molar-refractivity contribution in [3.8, 4) is 5.75 Å². The maximum absolute atomic E-state index is 12.5. The summed E-state index contributed by atoms with van der Waals surface area (Å²) in [6.45, 7) is 1.06. The van der Waals surface area contributed by atoms with Crippen molar-refractivity contribution in [2.75, 3.05) is 13.7 Å². The fraction of sp³-hybridized carbons (Fsp3) is 0.450. The van der Waals surface area contributed by atoms with Crippen molar-refractivity contribution in [1.29, 1.82) is 0 Å². The number of fused-ring (bicyclic) bond motifs is 1.